The van der Waals surface area contributed by atoms with E-state index >= 15 is 0 Å². The van der Waals surface area contributed by atoms with E-state index in [1.165, 1.54) is 25.7 Å². The molecule has 1 saturated carbocycles. The number of methoxy groups -OCH3 is 1. The summed E-state index contributed by atoms with van der Waals surface area (Å²) in [7, 11) is 1.73. The van der Waals surface area contributed by atoms with Gasteiger partial charge in [0, 0.05) is 25.6 Å². The molecule has 1 fully saturated rings. The Labute approximate surface area is 99.7 Å². The third-order valence-corrected chi connectivity index (χ3v) is 3.71. The van der Waals surface area contributed by atoms with Gasteiger partial charge in [0.1, 0.15) is 0 Å². The summed E-state index contributed by atoms with van der Waals surface area (Å²) in [6.07, 6.45) is 6.10. The molecular formula is C13H26N2O. The summed E-state index contributed by atoms with van der Waals surface area (Å²) in [6, 6.07) is 0.461. The van der Waals surface area contributed by atoms with Gasteiger partial charge in [-0.25, -0.2) is 0 Å². The second kappa shape index (κ2) is 6.89. The number of ether oxygens (including phenoxy) is 1. The maximum atomic E-state index is 8.33. The first-order chi connectivity index (χ1) is 7.70. The van der Waals surface area contributed by atoms with Crippen molar-refractivity contribution in [2.75, 3.05) is 20.3 Å². The highest BCUT2D eigenvalue weighted by Gasteiger charge is 2.25. The molecule has 0 aliphatic heterocycles. The summed E-state index contributed by atoms with van der Waals surface area (Å²) in [4.78, 5) is 2.24. The molecular weight excluding hydrogens is 200 g/mol. The predicted molar refractivity (Wildman–Crippen MR) is 68.0 cm³/mol. The Kier molecular flexibility index (Phi) is 5.81. The van der Waals surface area contributed by atoms with Crippen molar-refractivity contribution in [3.8, 4) is 0 Å². The highest BCUT2D eigenvalue weighted by atomic mass is 16.5. The molecule has 1 aliphatic carbocycles. The molecule has 0 saturated heterocycles. The molecule has 3 heteroatoms. The van der Waals surface area contributed by atoms with Crippen molar-refractivity contribution < 1.29 is 4.74 Å². The van der Waals surface area contributed by atoms with Crippen LogP contribution in [-0.4, -0.2) is 37.0 Å². The monoisotopic (exact) mass is 226 g/mol. The van der Waals surface area contributed by atoms with Crippen molar-refractivity contribution in [3.05, 3.63) is 0 Å². The predicted octanol–water partition coefficient (Wildman–Crippen LogP) is 2.90. The molecule has 1 atom stereocenters. The maximum absolute atomic E-state index is 8.33. The number of rotatable bonds is 6. The first kappa shape index (κ1) is 13.5. The van der Waals surface area contributed by atoms with Gasteiger partial charge in [-0.3, -0.25) is 5.41 Å². The Morgan fingerprint density at radius 3 is 2.56 bits per heavy atom. The van der Waals surface area contributed by atoms with Gasteiger partial charge in [0.15, 0.2) is 0 Å². The van der Waals surface area contributed by atoms with E-state index in [9.17, 15) is 0 Å². The van der Waals surface area contributed by atoms with Gasteiger partial charge < -0.3 is 9.64 Å². The van der Waals surface area contributed by atoms with Crippen LogP contribution in [0.3, 0.4) is 0 Å². The van der Waals surface area contributed by atoms with Crippen LogP contribution in [0.4, 0.5) is 0 Å². The SMILES string of the molecule is CCC(C)N(CCOC)C(=N)C1CCCC1. The number of hydrogen-bond acceptors (Lipinski definition) is 2. The molecule has 0 aromatic rings. The molecule has 3 nitrogen and oxygen atoms in total. The van der Waals surface area contributed by atoms with Crippen LogP contribution in [0.5, 0.6) is 0 Å². The molecule has 1 N–H and O–H groups in total. The minimum Gasteiger partial charge on any atom is -0.383 e. The van der Waals surface area contributed by atoms with Gasteiger partial charge in [-0.1, -0.05) is 19.8 Å². The Bertz CT molecular complexity index is 212. The van der Waals surface area contributed by atoms with Crippen molar-refractivity contribution in [2.45, 2.75) is 52.0 Å². The molecule has 0 aromatic heterocycles. The first-order valence-electron chi connectivity index (χ1n) is 6.54. The van der Waals surface area contributed by atoms with Crippen molar-refractivity contribution in [3.63, 3.8) is 0 Å². The molecule has 0 bridgehead atoms. The van der Waals surface area contributed by atoms with Crippen molar-refractivity contribution in [1.82, 2.24) is 4.90 Å². The van der Waals surface area contributed by atoms with E-state index < -0.39 is 0 Å². The molecule has 1 unspecified atom stereocenters. The van der Waals surface area contributed by atoms with E-state index in [0.29, 0.717) is 12.0 Å². The number of amidine groups is 1. The maximum Gasteiger partial charge on any atom is 0.0992 e. The van der Waals surface area contributed by atoms with Gasteiger partial charge in [0.05, 0.1) is 12.4 Å². The summed E-state index contributed by atoms with van der Waals surface area (Å²) in [6.45, 7) is 5.98. The van der Waals surface area contributed by atoms with E-state index in [1.807, 2.05) is 0 Å². The Balaban J connectivity index is 2.55. The van der Waals surface area contributed by atoms with E-state index in [0.717, 1.165) is 25.4 Å². The smallest absolute Gasteiger partial charge is 0.0992 e. The Morgan fingerprint density at radius 2 is 2.06 bits per heavy atom. The zero-order chi connectivity index (χ0) is 12.0. The zero-order valence-corrected chi connectivity index (χ0v) is 11.0. The van der Waals surface area contributed by atoms with Gasteiger partial charge in [0.2, 0.25) is 0 Å². The minimum atomic E-state index is 0.461. The van der Waals surface area contributed by atoms with Crippen LogP contribution in [0, 0.1) is 11.3 Å². The van der Waals surface area contributed by atoms with Crippen molar-refractivity contribution in [1.29, 1.82) is 5.41 Å². The summed E-state index contributed by atoms with van der Waals surface area (Å²) in [5, 5.41) is 8.33. The molecule has 0 amide bonds. The summed E-state index contributed by atoms with van der Waals surface area (Å²) in [5.41, 5.74) is 0. The standard InChI is InChI=1S/C13H26N2O/c1-4-11(2)15(9-10-16-3)13(14)12-7-5-6-8-12/h11-12,14H,4-10H2,1-3H3. The molecule has 1 aliphatic rings. The average Bonchev–Trinajstić information content (AvgIpc) is 2.82. The highest BCUT2D eigenvalue weighted by Crippen LogP contribution is 2.27. The number of nitrogens with zero attached hydrogens (tertiary/aromatic N) is 1. The molecule has 1 rings (SSSR count). The van der Waals surface area contributed by atoms with Gasteiger partial charge >= 0.3 is 0 Å². The average molecular weight is 226 g/mol. The van der Waals surface area contributed by atoms with Crippen LogP contribution >= 0.6 is 0 Å². The largest absolute Gasteiger partial charge is 0.383 e. The summed E-state index contributed by atoms with van der Waals surface area (Å²) < 4.78 is 5.14. The second-order valence-corrected chi connectivity index (χ2v) is 4.81. The van der Waals surface area contributed by atoms with Gasteiger partial charge in [-0.05, 0) is 26.2 Å². The third kappa shape index (κ3) is 3.48. The van der Waals surface area contributed by atoms with Gasteiger partial charge in [0.25, 0.3) is 0 Å². The molecule has 0 spiro atoms. The lowest BCUT2D eigenvalue weighted by atomic mass is 10.0. The Hall–Kier alpha value is -0.570. The first-order valence-corrected chi connectivity index (χ1v) is 6.54. The van der Waals surface area contributed by atoms with Crippen LogP contribution in [0.1, 0.15) is 46.0 Å². The van der Waals surface area contributed by atoms with Crippen LogP contribution in [-0.2, 0) is 4.74 Å². The molecule has 0 heterocycles. The van der Waals surface area contributed by atoms with Crippen molar-refractivity contribution >= 4 is 5.84 Å². The fourth-order valence-corrected chi connectivity index (χ4v) is 2.42. The van der Waals surface area contributed by atoms with Gasteiger partial charge in [-0.15, -0.1) is 0 Å². The van der Waals surface area contributed by atoms with E-state index in [4.69, 9.17) is 10.1 Å². The zero-order valence-electron chi connectivity index (χ0n) is 11.0. The molecule has 94 valence electrons. The topological polar surface area (TPSA) is 36.3 Å². The van der Waals surface area contributed by atoms with E-state index in [2.05, 4.69) is 18.7 Å². The number of nitrogens with one attached hydrogen (secondary N) is 1. The van der Waals surface area contributed by atoms with Crippen LogP contribution in [0.25, 0.3) is 0 Å². The van der Waals surface area contributed by atoms with Gasteiger partial charge in [-0.2, -0.15) is 0 Å². The van der Waals surface area contributed by atoms with Crippen molar-refractivity contribution in [2.24, 2.45) is 5.92 Å². The lowest BCUT2D eigenvalue weighted by molar-refractivity contribution is 0.159. The molecule has 0 aromatic carbocycles. The Morgan fingerprint density at radius 1 is 1.44 bits per heavy atom. The molecule has 0 radical (unpaired) electrons. The lowest BCUT2D eigenvalue weighted by Crippen LogP contribution is -2.42. The quantitative estimate of drug-likeness (QED) is 0.558. The fourth-order valence-electron chi connectivity index (χ4n) is 2.42. The van der Waals surface area contributed by atoms with E-state index in [1.54, 1.807) is 7.11 Å². The van der Waals surface area contributed by atoms with Crippen LogP contribution < -0.4 is 0 Å². The lowest BCUT2D eigenvalue weighted by Gasteiger charge is -2.33. The second-order valence-electron chi connectivity index (χ2n) is 4.81. The fraction of sp³-hybridized carbons (Fsp3) is 0.923. The van der Waals surface area contributed by atoms with Crippen LogP contribution in [0.15, 0.2) is 0 Å². The third-order valence-electron chi connectivity index (χ3n) is 3.71. The van der Waals surface area contributed by atoms with E-state index in [-0.39, 0.29) is 0 Å². The number of hydrogen-bond donors (Lipinski definition) is 1. The minimum absolute atomic E-state index is 0.461. The highest BCUT2D eigenvalue weighted by molar-refractivity contribution is 5.82. The summed E-state index contributed by atoms with van der Waals surface area (Å²) >= 11 is 0. The normalized spacial score (nSPS) is 18.7. The molecule has 16 heavy (non-hydrogen) atoms. The van der Waals surface area contributed by atoms with Crippen LogP contribution in [0.2, 0.25) is 0 Å². The summed E-state index contributed by atoms with van der Waals surface area (Å²) in [5.74, 6) is 1.36.